The molecule has 1 aliphatic rings. The van der Waals surface area contributed by atoms with Crippen LogP contribution in [0.1, 0.15) is 11.3 Å². The number of carbonyl (C=O) groups is 1. The summed E-state index contributed by atoms with van der Waals surface area (Å²) in [6.07, 6.45) is 2.38. The van der Waals surface area contributed by atoms with E-state index >= 15 is 0 Å². The van der Waals surface area contributed by atoms with Crippen molar-refractivity contribution < 1.29 is 28.2 Å². The van der Waals surface area contributed by atoms with E-state index in [0.29, 0.717) is 46.3 Å². The topological polar surface area (TPSA) is 83.3 Å². The van der Waals surface area contributed by atoms with Crippen LogP contribution in [0.4, 0.5) is 5.82 Å². The number of pyridine rings is 1. The minimum Gasteiger partial charge on any atom is -0.495 e. The lowest BCUT2D eigenvalue weighted by Crippen LogP contribution is -2.37. The number of anilines is 1. The van der Waals surface area contributed by atoms with Gasteiger partial charge in [0, 0.05) is 37.5 Å². The van der Waals surface area contributed by atoms with Gasteiger partial charge in [-0.1, -0.05) is 0 Å². The number of aldehydes is 1. The Bertz CT molecular complexity index is 1090. The number of nitrogens with zero attached hydrogens (tertiary/aromatic N) is 2. The Morgan fingerprint density at radius 3 is 2.30 bits per heavy atom. The molecule has 1 atom stereocenters. The molecular weight excluding hydrogens is 492 g/mol. The largest absolute Gasteiger partial charge is 0.495 e. The lowest BCUT2D eigenvalue weighted by atomic mass is 9.94. The summed E-state index contributed by atoms with van der Waals surface area (Å²) in [6, 6.07) is 10.9. The van der Waals surface area contributed by atoms with Gasteiger partial charge >= 0.3 is 0 Å². The first kappa shape index (κ1) is 23.3. The number of morpholine rings is 1. The van der Waals surface area contributed by atoms with Crippen LogP contribution in [0.25, 0.3) is 11.3 Å². The van der Waals surface area contributed by atoms with Gasteiger partial charge in [-0.15, -0.1) is 0 Å². The van der Waals surface area contributed by atoms with E-state index < -0.39 is 5.60 Å². The smallest absolute Gasteiger partial charge is 0.207 e. The molecule has 1 unspecified atom stereocenters. The Morgan fingerprint density at radius 1 is 1.06 bits per heavy atom. The molecule has 1 saturated heterocycles. The number of hydrogen-bond acceptors (Lipinski definition) is 8. The van der Waals surface area contributed by atoms with Crippen molar-refractivity contribution in [3.63, 3.8) is 0 Å². The van der Waals surface area contributed by atoms with Gasteiger partial charge in [-0.3, -0.25) is 4.79 Å². The number of benzene rings is 1. The molecule has 33 heavy (non-hydrogen) atoms. The molecule has 8 nitrogen and oxygen atoms in total. The molecule has 174 valence electrons. The molecular formula is C24H25BrN2O6. The molecule has 0 aliphatic carbocycles. The number of aromatic nitrogens is 1. The lowest BCUT2D eigenvalue weighted by Gasteiger charge is -2.29. The summed E-state index contributed by atoms with van der Waals surface area (Å²) >= 11 is 3.47. The van der Waals surface area contributed by atoms with E-state index in [1.807, 2.05) is 24.3 Å². The van der Waals surface area contributed by atoms with Crippen molar-refractivity contribution in [3.8, 4) is 22.8 Å². The quantitative estimate of drug-likeness (QED) is 0.414. The Morgan fingerprint density at radius 2 is 1.76 bits per heavy atom. The van der Waals surface area contributed by atoms with Gasteiger partial charge in [-0.05, 0) is 52.3 Å². The van der Waals surface area contributed by atoms with Crippen LogP contribution in [-0.2, 0) is 19.9 Å². The third-order valence-electron chi connectivity index (χ3n) is 5.70. The van der Waals surface area contributed by atoms with E-state index in [0.717, 1.165) is 30.8 Å². The average molecular weight is 517 g/mol. The van der Waals surface area contributed by atoms with Crippen molar-refractivity contribution in [1.82, 2.24) is 4.98 Å². The summed E-state index contributed by atoms with van der Waals surface area (Å²) in [7, 11) is 4.62. The maximum absolute atomic E-state index is 12.4. The van der Waals surface area contributed by atoms with Gasteiger partial charge in [0.15, 0.2) is 6.29 Å². The maximum Gasteiger partial charge on any atom is 0.207 e. The molecule has 1 aliphatic heterocycles. The minimum atomic E-state index is -1.43. The van der Waals surface area contributed by atoms with E-state index in [-0.39, 0.29) is 0 Å². The standard InChI is InChI=1S/C24H25BrN2O6/c1-29-19-12-16(13-20(30-2)23(19)25)18-5-6-21(33-18)24(15-28,31-3)17-4-7-22(26-14-17)27-8-10-32-11-9-27/h4-7,12-15H,8-11H2,1-3H3. The summed E-state index contributed by atoms with van der Waals surface area (Å²) in [5.74, 6) is 2.90. The van der Waals surface area contributed by atoms with Crippen LogP contribution in [0, 0.1) is 0 Å². The Balaban J connectivity index is 1.69. The zero-order valence-corrected chi connectivity index (χ0v) is 20.3. The number of furan rings is 1. The molecule has 0 amide bonds. The Labute approximate surface area is 200 Å². The van der Waals surface area contributed by atoms with Gasteiger partial charge in [-0.2, -0.15) is 0 Å². The summed E-state index contributed by atoms with van der Waals surface area (Å²) in [4.78, 5) is 19.1. The van der Waals surface area contributed by atoms with Crippen molar-refractivity contribution in [2.45, 2.75) is 5.60 Å². The molecule has 0 N–H and O–H groups in total. The van der Waals surface area contributed by atoms with Gasteiger partial charge < -0.3 is 28.3 Å². The SMILES string of the molecule is COc1cc(-c2ccc(C(C=O)(OC)c3ccc(N4CCOCC4)nc3)o2)cc(OC)c1Br. The number of hydrogen-bond donors (Lipinski definition) is 0. The van der Waals surface area contributed by atoms with Gasteiger partial charge in [0.25, 0.3) is 0 Å². The number of rotatable bonds is 8. The molecule has 1 aromatic carbocycles. The fourth-order valence-electron chi connectivity index (χ4n) is 3.82. The van der Waals surface area contributed by atoms with Crippen LogP contribution in [0.3, 0.4) is 0 Å². The van der Waals surface area contributed by atoms with Crippen molar-refractivity contribution in [2.75, 3.05) is 52.5 Å². The Hall–Kier alpha value is -2.88. The number of methoxy groups -OCH3 is 3. The molecule has 0 bridgehead atoms. The number of ether oxygens (including phenoxy) is 4. The Kier molecular flexibility index (Phi) is 7.02. The second-order valence-corrected chi connectivity index (χ2v) is 8.21. The molecule has 0 radical (unpaired) electrons. The molecule has 0 spiro atoms. The third-order valence-corrected chi connectivity index (χ3v) is 6.48. The predicted molar refractivity (Wildman–Crippen MR) is 126 cm³/mol. The lowest BCUT2D eigenvalue weighted by molar-refractivity contribution is -0.125. The first-order valence-corrected chi connectivity index (χ1v) is 11.2. The van der Waals surface area contributed by atoms with Gasteiger partial charge in [0.05, 0.1) is 27.4 Å². The summed E-state index contributed by atoms with van der Waals surface area (Å²) in [6.45, 7) is 2.88. The molecule has 9 heteroatoms. The fraction of sp³-hybridized carbons (Fsp3) is 0.333. The van der Waals surface area contributed by atoms with Crippen LogP contribution >= 0.6 is 15.9 Å². The molecule has 2 aromatic heterocycles. The first-order chi connectivity index (χ1) is 16.1. The third kappa shape index (κ3) is 4.36. The minimum absolute atomic E-state index is 0.344. The highest BCUT2D eigenvalue weighted by Crippen LogP contribution is 2.41. The molecule has 4 rings (SSSR count). The van der Waals surface area contributed by atoms with Crippen molar-refractivity contribution in [3.05, 3.63) is 58.4 Å². The van der Waals surface area contributed by atoms with Crippen LogP contribution in [0.5, 0.6) is 11.5 Å². The van der Waals surface area contributed by atoms with E-state index in [1.165, 1.54) is 7.11 Å². The van der Waals surface area contributed by atoms with E-state index in [4.69, 9.17) is 23.4 Å². The second-order valence-electron chi connectivity index (χ2n) is 7.42. The summed E-state index contributed by atoms with van der Waals surface area (Å²) in [5.41, 5.74) is -0.128. The van der Waals surface area contributed by atoms with Gasteiger partial charge in [0.2, 0.25) is 5.60 Å². The first-order valence-electron chi connectivity index (χ1n) is 10.4. The van der Waals surface area contributed by atoms with Crippen molar-refractivity contribution in [1.29, 1.82) is 0 Å². The summed E-state index contributed by atoms with van der Waals surface area (Å²) < 4.78 is 28.8. The van der Waals surface area contributed by atoms with Crippen LogP contribution < -0.4 is 14.4 Å². The van der Waals surface area contributed by atoms with Crippen molar-refractivity contribution >= 4 is 28.0 Å². The van der Waals surface area contributed by atoms with Gasteiger partial charge in [-0.25, -0.2) is 4.98 Å². The van der Waals surface area contributed by atoms with E-state index in [2.05, 4.69) is 25.8 Å². The normalized spacial score (nSPS) is 15.7. The highest BCUT2D eigenvalue weighted by Gasteiger charge is 2.38. The monoisotopic (exact) mass is 516 g/mol. The highest BCUT2D eigenvalue weighted by molar-refractivity contribution is 9.10. The second kappa shape index (κ2) is 9.94. The van der Waals surface area contributed by atoms with Crippen LogP contribution in [0.2, 0.25) is 0 Å². The fourth-order valence-corrected chi connectivity index (χ4v) is 4.38. The van der Waals surface area contributed by atoms with Crippen LogP contribution in [0.15, 0.2) is 51.5 Å². The maximum atomic E-state index is 12.4. The zero-order valence-electron chi connectivity index (χ0n) is 18.7. The summed E-state index contributed by atoms with van der Waals surface area (Å²) in [5, 5.41) is 0. The molecule has 1 fully saturated rings. The predicted octanol–water partition coefficient (Wildman–Crippen LogP) is 4.05. The molecule has 3 heterocycles. The number of halogens is 1. The molecule has 3 aromatic rings. The van der Waals surface area contributed by atoms with E-state index in [1.54, 1.807) is 32.5 Å². The van der Waals surface area contributed by atoms with E-state index in [9.17, 15) is 4.79 Å². The number of carbonyl (C=O) groups excluding carboxylic acids is 1. The zero-order chi connectivity index (χ0) is 23.4. The highest BCUT2D eigenvalue weighted by atomic mass is 79.9. The van der Waals surface area contributed by atoms with Gasteiger partial charge in [0.1, 0.15) is 33.3 Å². The van der Waals surface area contributed by atoms with Crippen molar-refractivity contribution in [2.24, 2.45) is 0 Å². The average Bonchev–Trinajstić information content (AvgIpc) is 3.37. The van der Waals surface area contributed by atoms with Crippen LogP contribution in [-0.4, -0.2) is 58.9 Å². The molecule has 0 saturated carbocycles.